The quantitative estimate of drug-likeness (QED) is 0.752. The lowest BCUT2D eigenvalue weighted by Crippen LogP contribution is -2.23. The largest absolute Gasteiger partial charge is 0.361 e. The van der Waals surface area contributed by atoms with Crippen LogP contribution in [0, 0.1) is 5.82 Å². The second kappa shape index (κ2) is 5.17. The van der Waals surface area contributed by atoms with E-state index in [0.29, 0.717) is 11.1 Å². The molecule has 0 saturated heterocycles. The first-order valence-electron chi connectivity index (χ1n) is 6.33. The number of amides is 1. The summed E-state index contributed by atoms with van der Waals surface area (Å²) in [5.41, 5.74) is 1.96. The van der Waals surface area contributed by atoms with Gasteiger partial charge in [0.05, 0.1) is 0 Å². The van der Waals surface area contributed by atoms with Gasteiger partial charge in [0.2, 0.25) is 0 Å². The average Bonchev–Trinajstić information content (AvgIpc) is 2.94. The van der Waals surface area contributed by atoms with Crippen molar-refractivity contribution in [2.24, 2.45) is 0 Å². The van der Waals surface area contributed by atoms with Crippen LogP contribution < -0.4 is 5.32 Å². The van der Waals surface area contributed by atoms with Crippen molar-refractivity contribution < 1.29 is 9.18 Å². The van der Waals surface area contributed by atoms with E-state index in [4.69, 9.17) is 0 Å². The van der Waals surface area contributed by atoms with Crippen LogP contribution in [-0.4, -0.2) is 10.9 Å². The molecule has 0 aliphatic rings. The standard InChI is InChI=1S/C16H13FN2O/c17-14-6-2-1-4-11(14)10-19-16(20)13-5-3-7-15-12(13)8-9-18-15/h1-9,18H,10H2,(H,19,20). The molecule has 0 atom stereocenters. The number of aromatic amines is 1. The van der Waals surface area contributed by atoms with Crippen LogP contribution in [0.2, 0.25) is 0 Å². The third kappa shape index (κ3) is 2.28. The molecule has 0 bridgehead atoms. The van der Waals surface area contributed by atoms with Crippen molar-refractivity contribution in [1.82, 2.24) is 10.3 Å². The van der Waals surface area contributed by atoms with E-state index in [1.165, 1.54) is 6.07 Å². The summed E-state index contributed by atoms with van der Waals surface area (Å²) in [5.74, 6) is -0.522. The Balaban J connectivity index is 1.80. The molecule has 0 fully saturated rings. The van der Waals surface area contributed by atoms with Gasteiger partial charge < -0.3 is 10.3 Å². The maximum Gasteiger partial charge on any atom is 0.252 e. The molecular formula is C16H13FN2O. The second-order valence-corrected chi connectivity index (χ2v) is 4.52. The van der Waals surface area contributed by atoms with Crippen molar-refractivity contribution in [2.45, 2.75) is 6.54 Å². The van der Waals surface area contributed by atoms with Crippen LogP contribution in [0.15, 0.2) is 54.7 Å². The fourth-order valence-electron chi connectivity index (χ4n) is 2.20. The molecule has 2 N–H and O–H groups in total. The molecule has 100 valence electrons. The molecule has 0 saturated carbocycles. The first-order chi connectivity index (χ1) is 9.75. The predicted octanol–water partition coefficient (Wildman–Crippen LogP) is 3.24. The first kappa shape index (κ1) is 12.4. The zero-order valence-corrected chi connectivity index (χ0v) is 10.7. The summed E-state index contributed by atoms with van der Waals surface area (Å²) < 4.78 is 13.5. The zero-order valence-electron chi connectivity index (χ0n) is 10.7. The van der Waals surface area contributed by atoms with Crippen molar-refractivity contribution >= 4 is 16.8 Å². The summed E-state index contributed by atoms with van der Waals surface area (Å²) in [6, 6.07) is 13.7. The number of fused-ring (bicyclic) bond motifs is 1. The van der Waals surface area contributed by atoms with E-state index in [0.717, 1.165) is 10.9 Å². The number of aromatic nitrogens is 1. The number of carbonyl (C=O) groups is 1. The Hall–Kier alpha value is -2.62. The number of nitrogens with one attached hydrogen (secondary N) is 2. The van der Waals surface area contributed by atoms with Gasteiger partial charge in [-0.3, -0.25) is 4.79 Å². The molecule has 20 heavy (non-hydrogen) atoms. The lowest BCUT2D eigenvalue weighted by Gasteiger charge is -2.07. The highest BCUT2D eigenvalue weighted by atomic mass is 19.1. The van der Waals surface area contributed by atoms with Crippen molar-refractivity contribution in [3.63, 3.8) is 0 Å². The fraction of sp³-hybridized carbons (Fsp3) is 0.0625. The van der Waals surface area contributed by atoms with Gasteiger partial charge >= 0.3 is 0 Å². The summed E-state index contributed by atoms with van der Waals surface area (Å²) in [7, 11) is 0. The third-order valence-electron chi connectivity index (χ3n) is 3.24. The van der Waals surface area contributed by atoms with Gasteiger partial charge in [-0.05, 0) is 24.3 Å². The summed E-state index contributed by atoms with van der Waals surface area (Å²) in [4.78, 5) is 15.3. The molecule has 0 aliphatic heterocycles. The second-order valence-electron chi connectivity index (χ2n) is 4.52. The highest BCUT2D eigenvalue weighted by molar-refractivity contribution is 6.06. The highest BCUT2D eigenvalue weighted by Gasteiger charge is 2.10. The van der Waals surface area contributed by atoms with Crippen molar-refractivity contribution in [1.29, 1.82) is 0 Å². The molecule has 0 spiro atoms. The summed E-state index contributed by atoms with van der Waals surface area (Å²) in [5, 5.41) is 3.60. The van der Waals surface area contributed by atoms with Crippen molar-refractivity contribution in [3.8, 4) is 0 Å². The lowest BCUT2D eigenvalue weighted by molar-refractivity contribution is 0.0952. The monoisotopic (exact) mass is 268 g/mol. The first-order valence-corrected chi connectivity index (χ1v) is 6.33. The number of hydrogen-bond donors (Lipinski definition) is 2. The minimum atomic E-state index is -0.312. The molecular weight excluding hydrogens is 255 g/mol. The summed E-state index contributed by atoms with van der Waals surface area (Å²) >= 11 is 0. The number of hydrogen-bond acceptors (Lipinski definition) is 1. The maximum absolute atomic E-state index is 13.5. The van der Waals surface area contributed by atoms with Crippen molar-refractivity contribution in [3.05, 3.63) is 71.7 Å². The normalized spacial score (nSPS) is 10.7. The van der Waals surface area contributed by atoms with E-state index in [9.17, 15) is 9.18 Å². The average molecular weight is 268 g/mol. The van der Waals surface area contributed by atoms with Gasteiger partial charge in [0, 0.05) is 34.8 Å². The summed E-state index contributed by atoms with van der Waals surface area (Å²) in [6.45, 7) is 0.173. The Morgan fingerprint density at radius 3 is 2.80 bits per heavy atom. The lowest BCUT2D eigenvalue weighted by atomic mass is 10.1. The zero-order chi connectivity index (χ0) is 13.9. The molecule has 1 aromatic heterocycles. The van der Waals surface area contributed by atoms with Gasteiger partial charge in [-0.15, -0.1) is 0 Å². The predicted molar refractivity (Wildman–Crippen MR) is 75.9 cm³/mol. The Labute approximate surface area is 115 Å². The molecule has 4 heteroatoms. The Morgan fingerprint density at radius 2 is 1.95 bits per heavy atom. The smallest absolute Gasteiger partial charge is 0.252 e. The Bertz CT molecular complexity index is 764. The van der Waals surface area contributed by atoms with E-state index in [1.54, 1.807) is 30.5 Å². The Morgan fingerprint density at radius 1 is 1.10 bits per heavy atom. The van der Waals surface area contributed by atoms with E-state index in [1.807, 2.05) is 18.2 Å². The third-order valence-corrected chi connectivity index (χ3v) is 3.24. The molecule has 0 aliphatic carbocycles. The minimum absolute atomic E-state index is 0.173. The Kier molecular flexibility index (Phi) is 3.21. The number of carbonyl (C=O) groups excluding carboxylic acids is 1. The van der Waals surface area contributed by atoms with Gasteiger partial charge in [-0.2, -0.15) is 0 Å². The molecule has 3 aromatic rings. The number of benzene rings is 2. The van der Waals surface area contributed by atoms with Crippen LogP contribution in [0.4, 0.5) is 4.39 Å². The molecule has 3 rings (SSSR count). The van der Waals surface area contributed by atoms with Crippen LogP contribution in [-0.2, 0) is 6.54 Å². The van der Waals surface area contributed by atoms with Gasteiger partial charge in [-0.25, -0.2) is 4.39 Å². The number of halogens is 1. The van der Waals surface area contributed by atoms with E-state index >= 15 is 0 Å². The van der Waals surface area contributed by atoms with Crippen LogP contribution in [0.3, 0.4) is 0 Å². The van der Waals surface area contributed by atoms with Crippen LogP contribution in [0.1, 0.15) is 15.9 Å². The molecule has 1 heterocycles. The number of rotatable bonds is 3. The number of H-pyrrole nitrogens is 1. The van der Waals surface area contributed by atoms with Crippen molar-refractivity contribution in [2.75, 3.05) is 0 Å². The SMILES string of the molecule is O=C(NCc1ccccc1F)c1cccc2[nH]ccc12. The van der Waals surface area contributed by atoms with Gasteiger partial charge in [0.15, 0.2) is 0 Å². The van der Waals surface area contributed by atoms with Crippen LogP contribution >= 0.6 is 0 Å². The molecule has 0 unspecified atom stereocenters. The van der Waals surface area contributed by atoms with E-state index in [-0.39, 0.29) is 18.3 Å². The van der Waals surface area contributed by atoms with Crippen LogP contribution in [0.5, 0.6) is 0 Å². The molecule has 0 radical (unpaired) electrons. The summed E-state index contributed by atoms with van der Waals surface area (Å²) in [6.07, 6.45) is 1.79. The molecule has 1 amide bonds. The highest BCUT2D eigenvalue weighted by Crippen LogP contribution is 2.17. The van der Waals surface area contributed by atoms with Crippen LogP contribution in [0.25, 0.3) is 10.9 Å². The van der Waals surface area contributed by atoms with E-state index in [2.05, 4.69) is 10.3 Å². The van der Waals surface area contributed by atoms with E-state index < -0.39 is 0 Å². The fourth-order valence-corrected chi connectivity index (χ4v) is 2.20. The van der Waals surface area contributed by atoms with Gasteiger partial charge in [0.25, 0.3) is 5.91 Å². The topological polar surface area (TPSA) is 44.9 Å². The maximum atomic E-state index is 13.5. The molecule has 2 aromatic carbocycles. The molecule has 3 nitrogen and oxygen atoms in total. The van der Waals surface area contributed by atoms with Gasteiger partial charge in [-0.1, -0.05) is 24.3 Å². The minimum Gasteiger partial charge on any atom is -0.361 e. The van der Waals surface area contributed by atoms with Gasteiger partial charge in [0.1, 0.15) is 5.82 Å².